The van der Waals surface area contributed by atoms with Gasteiger partial charge in [0.15, 0.2) is 5.13 Å². The van der Waals surface area contributed by atoms with Gasteiger partial charge in [0.2, 0.25) is 0 Å². The van der Waals surface area contributed by atoms with Crippen molar-refractivity contribution in [1.29, 1.82) is 0 Å². The zero-order valence-corrected chi connectivity index (χ0v) is 8.89. The fourth-order valence-electron chi connectivity index (χ4n) is 0.779. The highest BCUT2D eigenvalue weighted by Gasteiger charge is 2.15. The average molecular weight is 215 g/mol. The largest absolute Gasteiger partial charge is 0.389 e. The van der Waals surface area contributed by atoms with Crippen LogP contribution in [-0.4, -0.2) is 28.1 Å². The SMILES string of the molecule is CC(C)(O)CNC(=O)c1csc(N)n1. The molecule has 0 aliphatic rings. The predicted molar refractivity (Wildman–Crippen MR) is 55.2 cm³/mol. The fourth-order valence-corrected chi connectivity index (χ4v) is 1.32. The lowest BCUT2D eigenvalue weighted by atomic mass is 10.1. The van der Waals surface area contributed by atoms with Gasteiger partial charge in [0.1, 0.15) is 5.69 Å². The van der Waals surface area contributed by atoms with Gasteiger partial charge in [-0.05, 0) is 13.8 Å². The van der Waals surface area contributed by atoms with E-state index < -0.39 is 5.60 Å². The summed E-state index contributed by atoms with van der Waals surface area (Å²) >= 11 is 1.21. The number of nitrogens with two attached hydrogens (primary N) is 1. The van der Waals surface area contributed by atoms with E-state index in [9.17, 15) is 9.90 Å². The molecule has 1 rings (SSSR count). The maximum absolute atomic E-state index is 11.4. The van der Waals surface area contributed by atoms with Crippen molar-refractivity contribution in [3.05, 3.63) is 11.1 Å². The Morgan fingerprint density at radius 1 is 1.79 bits per heavy atom. The molecular weight excluding hydrogens is 202 g/mol. The van der Waals surface area contributed by atoms with E-state index in [1.807, 2.05) is 0 Å². The number of nitrogen functional groups attached to an aromatic ring is 1. The number of thiazole rings is 1. The van der Waals surface area contributed by atoms with Crippen molar-refractivity contribution in [2.75, 3.05) is 12.3 Å². The van der Waals surface area contributed by atoms with Gasteiger partial charge in [-0.25, -0.2) is 4.98 Å². The molecule has 0 fully saturated rings. The Morgan fingerprint density at radius 3 is 2.86 bits per heavy atom. The zero-order valence-electron chi connectivity index (χ0n) is 8.07. The van der Waals surface area contributed by atoms with Gasteiger partial charge in [0.25, 0.3) is 5.91 Å². The van der Waals surface area contributed by atoms with Crippen molar-refractivity contribution in [1.82, 2.24) is 10.3 Å². The van der Waals surface area contributed by atoms with Crippen molar-refractivity contribution in [2.45, 2.75) is 19.4 Å². The van der Waals surface area contributed by atoms with E-state index in [-0.39, 0.29) is 18.1 Å². The summed E-state index contributed by atoms with van der Waals surface area (Å²) in [5.74, 6) is -0.319. The van der Waals surface area contributed by atoms with Gasteiger partial charge in [-0.2, -0.15) is 0 Å². The van der Waals surface area contributed by atoms with Gasteiger partial charge in [-0.15, -0.1) is 11.3 Å². The second-order valence-corrected chi connectivity index (χ2v) is 4.46. The molecular formula is C8H13N3O2S. The van der Waals surface area contributed by atoms with Gasteiger partial charge in [0, 0.05) is 11.9 Å². The molecule has 0 aliphatic carbocycles. The van der Waals surface area contributed by atoms with Crippen molar-refractivity contribution in [2.24, 2.45) is 0 Å². The quantitative estimate of drug-likeness (QED) is 0.673. The van der Waals surface area contributed by atoms with Crippen molar-refractivity contribution in [3.63, 3.8) is 0 Å². The van der Waals surface area contributed by atoms with E-state index in [4.69, 9.17) is 5.73 Å². The van der Waals surface area contributed by atoms with Gasteiger partial charge in [0.05, 0.1) is 5.60 Å². The van der Waals surface area contributed by atoms with Crippen LogP contribution in [0.2, 0.25) is 0 Å². The highest BCUT2D eigenvalue weighted by atomic mass is 32.1. The maximum Gasteiger partial charge on any atom is 0.270 e. The molecule has 0 atom stereocenters. The van der Waals surface area contributed by atoms with Crippen LogP contribution in [0.15, 0.2) is 5.38 Å². The molecule has 0 saturated heterocycles. The van der Waals surface area contributed by atoms with Gasteiger partial charge in [-0.3, -0.25) is 4.79 Å². The van der Waals surface area contributed by atoms with E-state index in [1.54, 1.807) is 19.2 Å². The Labute approximate surface area is 86.0 Å². The summed E-state index contributed by atoms with van der Waals surface area (Å²) in [6.07, 6.45) is 0. The smallest absolute Gasteiger partial charge is 0.270 e. The molecule has 1 aromatic rings. The molecule has 78 valence electrons. The highest BCUT2D eigenvalue weighted by molar-refractivity contribution is 7.13. The number of anilines is 1. The van der Waals surface area contributed by atoms with Crippen molar-refractivity contribution >= 4 is 22.4 Å². The Morgan fingerprint density at radius 2 is 2.43 bits per heavy atom. The minimum atomic E-state index is -0.919. The number of nitrogens with one attached hydrogen (secondary N) is 1. The molecule has 1 aromatic heterocycles. The molecule has 0 unspecified atom stereocenters. The summed E-state index contributed by atoms with van der Waals surface area (Å²) in [4.78, 5) is 15.2. The van der Waals surface area contributed by atoms with E-state index in [0.717, 1.165) is 0 Å². The third kappa shape index (κ3) is 3.31. The average Bonchev–Trinajstić information content (AvgIpc) is 2.46. The van der Waals surface area contributed by atoms with Crippen molar-refractivity contribution < 1.29 is 9.90 Å². The molecule has 0 aromatic carbocycles. The monoisotopic (exact) mass is 215 g/mol. The van der Waals surface area contributed by atoms with Gasteiger partial charge < -0.3 is 16.2 Å². The molecule has 6 heteroatoms. The van der Waals surface area contributed by atoms with E-state index in [2.05, 4.69) is 10.3 Å². The Balaban J connectivity index is 2.52. The molecule has 4 N–H and O–H groups in total. The zero-order chi connectivity index (χ0) is 10.8. The molecule has 14 heavy (non-hydrogen) atoms. The third-order valence-corrected chi connectivity index (χ3v) is 2.11. The molecule has 0 bridgehead atoms. The normalized spacial score (nSPS) is 11.4. The van der Waals surface area contributed by atoms with E-state index in [1.165, 1.54) is 11.3 Å². The van der Waals surface area contributed by atoms with Crippen LogP contribution in [0.3, 0.4) is 0 Å². The Kier molecular flexibility index (Phi) is 3.07. The van der Waals surface area contributed by atoms with Gasteiger partial charge in [-0.1, -0.05) is 0 Å². The standard InChI is InChI=1S/C8H13N3O2S/c1-8(2,13)4-10-6(12)5-3-14-7(9)11-5/h3,13H,4H2,1-2H3,(H2,9,11)(H,10,12). The summed E-state index contributed by atoms with van der Waals surface area (Å²) < 4.78 is 0. The number of aliphatic hydroxyl groups is 1. The number of hydrogen-bond acceptors (Lipinski definition) is 5. The predicted octanol–water partition coefficient (Wildman–Crippen LogP) is 0.226. The molecule has 0 aliphatic heterocycles. The highest BCUT2D eigenvalue weighted by Crippen LogP contribution is 2.10. The second kappa shape index (κ2) is 3.93. The first kappa shape index (κ1) is 10.9. The van der Waals surface area contributed by atoms with Crippen LogP contribution in [0.4, 0.5) is 5.13 Å². The third-order valence-electron chi connectivity index (χ3n) is 1.44. The number of carbonyl (C=O) groups excluding carboxylic acids is 1. The number of carbonyl (C=O) groups is 1. The molecule has 0 saturated carbocycles. The lowest BCUT2D eigenvalue weighted by Crippen LogP contribution is -2.38. The van der Waals surface area contributed by atoms with E-state index in [0.29, 0.717) is 5.13 Å². The maximum atomic E-state index is 11.4. The summed E-state index contributed by atoms with van der Waals surface area (Å²) in [6.45, 7) is 3.41. The van der Waals surface area contributed by atoms with Crippen LogP contribution >= 0.6 is 11.3 Å². The van der Waals surface area contributed by atoms with Crippen LogP contribution in [0, 0.1) is 0 Å². The molecule has 0 radical (unpaired) electrons. The molecule has 5 nitrogen and oxygen atoms in total. The summed E-state index contributed by atoms with van der Waals surface area (Å²) in [5.41, 5.74) is 4.75. The number of amides is 1. The number of aromatic nitrogens is 1. The van der Waals surface area contributed by atoms with Crippen LogP contribution in [0.5, 0.6) is 0 Å². The lowest BCUT2D eigenvalue weighted by molar-refractivity contribution is 0.0692. The number of rotatable bonds is 3. The summed E-state index contributed by atoms with van der Waals surface area (Å²) in [6, 6.07) is 0. The Hall–Kier alpha value is -1.14. The molecule has 1 amide bonds. The lowest BCUT2D eigenvalue weighted by Gasteiger charge is -2.16. The summed E-state index contributed by atoms with van der Waals surface area (Å²) in [5, 5.41) is 13.9. The molecule has 0 spiro atoms. The Bertz CT molecular complexity index is 330. The first-order valence-corrected chi connectivity index (χ1v) is 4.98. The number of nitrogens with zero attached hydrogens (tertiary/aromatic N) is 1. The van der Waals surface area contributed by atoms with Gasteiger partial charge >= 0.3 is 0 Å². The van der Waals surface area contributed by atoms with E-state index >= 15 is 0 Å². The summed E-state index contributed by atoms with van der Waals surface area (Å²) in [7, 11) is 0. The van der Waals surface area contributed by atoms with Crippen LogP contribution in [-0.2, 0) is 0 Å². The van der Waals surface area contributed by atoms with Crippen molar-refractivity contribution in [3.8, 4) is 0 Å². The topological polar surface area (TPSA) is 88.2 Å². The van der Waals surface area contributed by atoms with Crippen LogP contribution in [0.25, 0.3) is 0 Å². The first-order chi connectivity index (χ1) is 6.38. The minimum Gasteiger partial charge on any atom is -0.389 e. The second-order valence-electron chi connectivity index (χ2n) is 3.57. The fraction of sp³-hybridized carbons (Fsp3) is 0.500. The first-order valence-electron chi connectivity index (χ1n) is 4.10. The van der Waals surface area contributed by atoms with Crippen LogP contribution < -0.4 is 11.1 Å². The minimum absolute atomic E-state index is 0.184. The molecule has 1 heterocycles. The number of hydrogen-bond donors (Lipinski definition) is 3. The van der Waals surface area contributed by atoms with Crippen LogP contribution in [0.1, 0.15) is 24.3 Å².